The Kier molecular flexibility index (Phi) is 17.2. The number of carbonyl (C=O) groups excluding carboxylic acids is 1. The summed E-state index contributed by atoms with van der Waals surface area (Å²) >= 11 is 0. The van der Waals surface area contributed by atoms with E-state index in [0.717, 1.165) is 23.3 Å². The average molecular weight is 540 g/mol. The van der Waals surface area contributed by atoms with E-state index < -0.39 is 10.8 Å². The molecule has 0 saturated carbocycles. The molecule has 0 aliphatic rings. The Hall–Kier alpha value is -2.40. The van der Waals surface area contributed by atoms with Gasteiger partial charge in [0.05, 0.1) is 10.8 Å². The molecule has 0 radical (unpaired) electrons. The molecule has 2 N–H and O–H groups in total. The van der Waals surface area contributed by atoms with Crippen LogP contribution in [0.3, 0.4) is 0 Å². The number of nitrogens with one attached hydrogen (secondary N) is 1. The first-order valence-electron chi connectivity index (χ1n) is 14.8. The van der Waals surface area contributed by atoms with Crippen molar-refractivity contribution in [3.63, 3.8) is 0 Å². The molecule has 0 aliphatic heterocycles. The van der Waals surface area contributed by atoms with E-state index in [2.05, 4.69) is 12.2 Å². The van der Waals surface area contributed by atoms with Gasteiger partial charge in [-0.15, -0.1) is 0 Å². The number of benzene rings is 2. The van der Waals surface area contributed by atoms with Crippen molar-refractivity contribution in [2.75, 3.05) is 11.1 Å². The topological polar surface area (TPSA) is 66.4 Å². The van der Waals surface area contributed by atoms with Crippen LogP contribution < -0.4 is 5.32 Å². The van der Waals surface area contributed by atoms with E-state index in [9.17, 15) is 14.1 Å². The molecule has 2 rings (SSSR count). The molecule has 0 saturated heterocycles. The van der Waals surface area contributed by atoms with Crippen LogP contribution in [0.1, 0.15) is 115 Å². The highest BCUT2D eigenvalue weighted by Crippen LogP contribution is 2.17. The molecule has 210 valence electrons. The Labute approximate surface area is 233 Å². The van der Waals surface area contributed by atoms with Crippen molar-refractivity contribution in [2.45, 2.75) is 115 Å². The third-order valence-electron chi connectivity index (χ3n) is 6.87. The molecule has 38 heavy (non-hydrogen) atoms. The minimum atomic E-state index is -1.05. The molecule has 0 spiro atoms. The molecular formula is C33H49NO3S. The smallest absolute Gasteiger partial charge is 0.248 e. The van der Waals surface area contributed by atoms with Gasteiger partial charge in [0, 0.05) is 22.4 Å². The molecule has 0 aliphatic carbocycles. The number of hydrogen-bond acceptors (Lipinski definition) is 3. The molecule has 4 nitrogen and oxygen atoms in total. The predicted octanol–water partition coefficient (Wildman–Crippen LogP) is 9.41. The van der Waals surface area contributed by atoms with Crippen molar-refractivity contribution in [2.24, 2.45) is 0 Å². The minimum absolute atomic E-state index is 0.191. The highest BCUT2D eigenvalue weighted by molar-refractivity contribution is 7.85. The fourth-order valence-corrected chi connectivity index (χ4v) is 5.75. The largest absolute Gasteiger partial charge is 0.508 e. The summed E-state index contributed by atoms with van der Waals surface area (Å²) in [5, 5.41) is 12.2. The van der Waals surface area contributed by atoms with E-state index in [-0.39, 0.29) is 11.7 Å². The van der Waals surface area contributed by atoms with Crippen LogP contribution in [0.2, 0.25) is 0 Å². The summed E-state index contributed by atoms with van der Waals surface area (Å²) < 4.78 is 12.7. The maximum atomic E-state index is 12.7. The molecule has 5 heteroatoms. The van der Waals surface area contributed by atoms with Gasteiger partial charge in [-0.1, -0.05) is 121 Å². The lowest BCUT2D eigenvalue weighted by atomic mass is 10.0. The van der Waals surface area contributed by atoms with Gasteiger partial charge in [0.2, 0.25) is 5.91 Å². The summed E-state index contributed by atoms with van der Waals surface area (Å²) in [5.41, 5.74) is 1.47. The third kappa shape index (κ3) is 15.1. The van der Waals surface area contributed by atoms with Gasteiger partial charge in [0.25, 0.3) is 0 Å². The molecule has 0 fully saturated rings. The quantitative estimate of drug-likeness (QED) is 0.123. The van der Waals surface area contributed by atoms with Crippen molar-refractivity contribution in [1.82, 2.24) is 0 Å². The highest BCUT2D eigenvalue weighted by Gasteiger charge is 2.06. The van der Waals surface area contributed by atoms with Crippen LogP contribution in [0.25, 0.3) is 6.08 Å². The number of amides is 1. The summed E-state index contributed by atoms with van der Waals surface area (Å²) in [6.07, 6.45) is 24.4. The maximum Gasteiger partial charge on any atom is 0.248 e. The number of carbonyl (C=O) groups is 1. The Morgan fingerprint density at radius 2 is 1.29 bits per heavy atom. The summed E-state index contributed by atoms with van der Waals surface area (Å²) in [6.45, 7) is 2.27. The number of phenolic OH excluding ortho intramolecular Hbond substituents is 1. The van der Waals surface area contributed by atoms with Crippen LogP contribution in [0.4, 0.5) is 5.69 Å². The van der Waals surface area contributed by atoms with E-state index >= 15 is 0 Å². The highest BCUT2D eigenvalue weighted by atomic mass is 32.2. The number of aromatic hydroxyl groups is 1. The molecule has 2 aromatic carbocycles. The number of hydrogen-bond donors (Lipinski definition) is 2. The van der Waals surface area contributed by atoms with Crippen LogP contribution in [-0.2, 0) is 15.6 Å². The first kappa shape index (κ1) is 31.8. The lowest BCUT2D eigenvalue weighted by Crippen LogP contribution is -2.08. The van der Waals surface area contributed by atoms with Crippen LogP contribution in [0.15, 0.2) is 59.5 Å². The Morgan fingerprint density at radius 1 is 0.763 bits per heavy atom. The standard InChI is InChI=1S/C33H49NO3S/c1-2-3-4-5-6-7-8-9-10-11-12-13-14-15-16-17-27-38(37)32-20-18-19-30(28-32)34-33(36)26-23-29-21-24-31(35)25-22-29/h18-26,28,35H,2-17,27H2,1H3,(H,34,36). The molecule has 1 atom stereocenters. The van der Waals surface area contributed by atoms with Crippen LogP contribution >= 0.6 is 0 Å². The second-order valence-corrected chi connectivity index (χ2v) is 11.9. The van der Waals surface area contributed by atoms with Crippen LogP contribution in [0.5, 0.6) is 5.75 Å². The van der Waals surface area contributed by atoms with E-state index in [0.29, 0.717) is 11.4 Å². The number of phenols is 1. The molecule has 0 aromatic heterocycles. The van der Waals surface area contributed by atoms with Crippen molar-refractivity contribution in [3.05, 3.63) is 60.2 Å². The van der Waals surface area contributed by atoms with E-state index in [1.54, 1.807) is 36.4 Å². The van der Waals surface area contributed by atoms with Gasteiger partial charge in [-0.2, -0.15) is 0 Å². The van der Waals surface area contributed by atoms with Crippen molar-refractivity contribution >= 4 is 28.5 Å². The first-order chi connectivity index (χ1) is 18.6. The third-order valence-corrected chi connectivity index (χ3v) is 8.31. The Bertz CT molecular complexity index is 955. The SMILES string of the molecule is CCCCCCCCCCCCCCCCCCS(=O)c1cccc(NC(=O)C=Cc2ccc(O)cc2)c1. The van der Waals surface area contributed by atoms with Crippen molar-refractivity contribution < 1.29 is 14.1 Å². The fourth-order valence-electron chi connectivity index (χ4n) is 4.56. The van der Waals surface area contributed by atoms with Gasteiger partial charge < -0.3 is 10.4 Å². The average Bonchev–Trinajstić information content (AvgIpc) is 2.92. The van der Waals surface area contributed by atoms with Crippen LogP contribution in [0, 0.1) is 0 Å². The van der Waals surface area contributed by atoms with Crippen molar-refractivity contribution in [1.29, 1.82) is 0 Å². The van der Waals surface area contributed by atoms with Gasteiger partial charge in [-0.3, -0.25) is 9.00 Å². The molecule has 0 bridgehead atoms. The fraction of sp³-hybridized carbons (Fsp3) is 0.545. The lowest BCUT2D eigenvalue weighted by molar-refractivity contribution is -0.111. The van der Waals surface area contributed by atoms with Gasteiger partial charge in [0.1, 0.15) is 5.75 Å². The Balaban J connectivity index is 1.51. The first-order valence-corrected chi connectivity index (χ1v) is 16.2. The van der Waals surface area contributed by atoms with Gasteiger partial charge in [-0.25, -0.2) is 0 Å². The van der Waals surface area contributed by atoms with Crippen molar-refractivity contribution in [3.8, 4) is 5.75 Å². The Morgan fingerprint density at radius 3 is 1.84 bits per heavy atom. The normalized spacial score (nSPS) is 12.1. The maximum absolute atomic E-state index is 12.7. The van der Waals surface area contributed by atoms with Gasteiger partial charge in [0.15, 0.2) is 0 Å². The van der Waals surface area contributed by atoms with Gasteiger partial charge in [-0.05, 0) is 48.4 Å². The zero-order chi connectivity index (χ0) is 27.3. The zero-order valence-corrected chi connectivity index (χ0v) is 24.3. The van der Waals surface area contributed by atoms with E-state index in [1.807, 2.05) is 18.2 Å². The molecule has 1 unspecified atom stereocenters. The number of unbranched alkanes of at least 4 members (excludes halogenated alkanes) is 15. The number of anilines is 1. The summed E-state index contributed by atoms with van der Waals surface area (Å²) in [6, 6.07) is 13.9. The summed E-state index contributed by atoms with van der Waals surface area (Å²) in [5.74, 6) is 0.603. The predicted molar refractivity (Wildman–Crippen MR) is 163 cm³/mol. The molecule has 0 heterocycles. The molecular weight excluding hydrogens is 490 g/mol. The lowest BCUT2D eigenvalue weighted by Gasteiger charge is -2.07. The second kappa shape index (κ2) is 20.5. The molecule has 1 amide bonds. The van der Waals surface area contributed by atoms with Gasteiger partial charge >= 0.3 is 0 Å². The van der Waals surface area contributed by atoms with Crippen LogP contribution in [-0.4, -0.2) is 21.0 Å². The monoisotopic (exact) mass is 539 g/mol. The minimum Gasteiger partial charge on any atom is -0.508 e. The summed E-state index contributed by atoms with van der Waals surface area (Å²) in [4.78, 5) is 13.0. The second-order valence-electron chi connectivity index (χ2n) is 10.3. The molecule has 2 aromatic rings. The van der Waals surface area contributed by atoms with E-state index in [4.69, 9.17) is 0 Å². The van der Waals surface area contributed by atoms with E-state index in [1.165, 1.54) is 96.0 Å². The number of rotatable bonds is 21. The summed E-state index contributed by atoms with van der Waals surface area (Å²) in [7, 11) is -1.05. The zero-order valence-electron chi connectivity index (χ0n) is 23.5.